The maximum atomic E-state index is 5.76. The molecule has 0 saturated carbocycles. The van der Waals surface area contributed by atoms with Gasteiger partial charge in [0.15, 0.2) is 11.0 Å². The number of thiophene rings is 1. The Morgan fingerprint density at radius 1 is 1.47 bits per heavy atom. The van der Waals surface area contributed by atoms with E-state index in [1.54, 1.807) is 11.3 Å². The van der Waals surface area contributed by atoms with Crippen molar-refractivity contribution in [1.82, 2.24) is 9.97 Å². The third kappa shape index (κ3) is 2.37. The molecule has 0 atom stereocenters. The maximum Gasteiger partial charge on any atom is 0.157 e. The van der Waals surface area contributed by atoms with E-state index in [1.165, 1.54) is 11.2 Å². The van der Waals surface area contributed by atoms with Gasteiger partial charge < -0.3 is 11.1 Å². The van der Waals surface area contributed by atoms with Crippen molar-refractivity contribution in [3.63, 3.8) is 0 Å². The monoisotopic (exact) mass is 240 g/mol. The van der Waals surface area contributed by atoms with Crippen LogP contribution in [0.25, 0.3) is 0 Å². The highest BCUT2D eigenvalue weighted by Gasteiger charge is 2.05. The summed E-state index contributed by atoms with van der Waals surface area (Å²) in [5, 5.41) is 5.40. The summed E-state index contributed by atoms with van der Waals surface area (Å²) in [6.45, 7) is 0.690. The van der Waals surface area contributed by atoms with Gasteiger partial charge in [0.25, 0.3) is 0 Å². The normalized spacial score (nSPS) is 10.2. The first kappa shape index (κ1) is 10.2. The van der Waals surface area contributed by atoms with Gasteiger partial charge in [0.2, 0.25) is 0 Å². The van der Waals surface area contributed by atoms with Crippen LogP contribution in [0, 0.1) is 0 Å². The summed E-state index contributed by atoms with van der Waals surface area (Å²) in [5.74, 6) is 0.573. The highest BCUT2D eigenvalue weighted by molar-refractivity contribution is 7.09. The Hall–Kier alpha value is -1.33. The predicted octanol–water partition coefficient (Wildman–Crippen LogP) is 2.39. The fraction of sp³-hybridized carbons (Fsp3) is 0.111. The molecule has 2 rings (SSSR count). The van der Waals surface area contributed by atoms with Crippen molar-refractivity contribution in [1.29, 1.82) is 0 Å². The van der Waals surface area contributed by atoms with E-state index >= 15 is 0 Å². The second-order valence-corrected chi connectivity index (χ2v) is 4.25. The third-order valence-electron chi connectivity index (χ3n) is 1.85. The molecule has 6 heteroatoms. The van der Waals surface area contributed by atoms with E-state index in [-0.39, 0.29) is 5.15 Å². The van der Waals surface area contributed by atoms with Crippen molar-refractivity contribution in [3.05, 3.63) is 33.9 Å². The number of nitrogens with two attached hydrogens (primary N) is 1. The first-order valence-corrected chi connectivity index (χ1v) is 5.55. The van der Waals surface area contributed by atoms with Gasteiger partial charge in [-0.15, -0.1) is 11.3 Å². The van der Waals surface area contributed by atoms with Crippen LogP contribution in [0.5, 0.6) is 0 Å². The molecule has 0 aliphatic carbocycles. The van der Waals surface area contributed by atoms with Gasteiger partial charge in [0, 0.05) is 4.88 Å². The van der Waals surface area contributed by atoms with E-state index in [1.807, 2.05) is 17.5 Å². The Morgan fingerprint density at radius 3 is 3.07 bits per heavy atom. The fourth-order valence-corrected chi connectivity index (χ4v) is 1.88. The number of nitrogen functional groups attached to an aromatic ring is 1. The van der Waals surface area contributed by atoms with Crippen LogP contribution in [-0.2, 0) is 6.54 Å². The van der Waals surface area contributed by atoms with Crippen LogP contribution in [-0.4, -0.2) is 9.97 Å². The first-order chi connectivity index (χ1) is 7.27. The highest BCUT2D eigenvalue weighted by atomic mass is 35.5. The lowest BCUT2D eigenvalue weighted by Crippen LogP contribution is -2.04. The Kier molecular flexibility index (Phi) is 3.03. The smallest absolute Gasteiger partial charge is 0.157 e. The van der Waals surface area contributed by atoms with E-state index in [0.29, 0.717) is 18.1 Å². The Balaban J connectivity index is 2.08. The molecule has 0 fully saturated rings. The van der Waals surface area contributed by atoms with E-state index < -0.39 is 0 Å². The van der Waals surface area contributed by atoms with E-state index in [2.05, 4.69) is 15.3 Å². The van der Waals surface area contributed by atoms with Gasteiger partial charge >= 0.3 is 0 Å². The molecule has 4 nitrogen and oxygen atoms in total. The highest BCUT2D eigenvalue weighted by Crippen LogP contribution is 2.22. The number of hydrogen-bond donors (Lipinski definition) is 2. The minimum Gasteiger partial charge on any atom is -0.393 e. The molecule has 3 N–H and O–H groups in total. The average Bonchev–Trinajstić information content (AvgIpc) is 2.73. The predicted molar refractivity (Wildman–Crippen MR) is 63.1 cm³/mol. The average molecular weight is 241 g/mol. The summed E-state index contributed by atoms with van der Waals surface area (Å²) < 4.78 is 0. The zero-order valence-electron chi connectivity index (χ0n) is 7.77. The molecular formula is C9H9ClN4S. The van der Waals surface area contributed by atoms with Crippen LogP contribution in [0.1, 0.15) is 4.88 Å². The number of rotatable bonds is 3. The Bertz CT molecular complexity index is 443. The molecule has 0 aromatic carbocycles. The van der Waals surface area contributed by atoms with Crippen molar-refractivity contribution < 1.29 is 0 Å². The SMILES string of the molecule is Nc1c(Cl)ncnc1NCc1cccs1. The number of hydrogen-bond acceptors (Lipinski definition) is 5. The van der Waals surface area contributed by atoms with Gasteiger partial charge in [-0.1, -0.05) is 17.7 Å². The van der Waals surface area contributed by atoms with Gasteiger partial charge in [-0.2, -0.15) is 0 Å². The number of nitrogens with zero attached hydrogens (tertiary/aromatic N) is 2. The van der Waals surface area contributed by atoms with Crippen LogP contribution in [0.15, 0.2) is 23.8 Å². The van der Waals surface area contributed by atoms with Gasteiger partial charge in [-0.05, 0) is 11.4 Å². The van der Waals surface area contributed by atoms with Crippen molar-refractivity contribution >= 4 is 34.4 Å². The summed E-state index contributed by atoms with van der Waals surface area (Å²) in [5.41, 5.74) is 6.09. The lowest BCUT2D eigenvalue weighted by atomic mass is 10.4. The lowest BCUT2D eigenvalue weighted by Gasteiger charge is -2.06. The van der Waals surface area contributed by atoms with Gasteiger partial charge in [0.05, 0.1) is 6.54 Å². The molecule has 0 bridgehead atoms. The minimum atomic E-state index is 0.277. The van der Waals surface area contributed by atoms with Gasteiger partial charge in [-0.25, -0.2) is 9.97 Å². The largest absolute Gasteiger partial charge is 0.393 e. The molecular weight excluding hydrogens is 232 g/mol. The zero-order valence-corrected chi connectivity index (χ0v) is 9.35. The molecule has 0 spiro atoms. The molecule has 2 heterocycles. The lowest BCUT2D eigenvalue weighted by molar-refractivity contribution is 1.10. The van der Waals surface area contributed by atoms with Crippen molar-refractivity contribution in [2.24, 2.45) is 0 Å². The Morgan fingerprint density at radius 2 is 2.33 bits per heavy atom. The van der Waals surface area contributed by atoms with Crippen LogP contribution in [0.3, 0.4) is 0 Å². The topological polar surface area (TPSA) is 63.8 Å². The number of aromatic nitrogens is 2. The fourth-order valence-electron chi connectivity index (χ4n) is 1.10. The van der Waals surface area contributed by atoms with Crippen LogP contribution < -0.4 is 11.1 Å². The third-order valence-corrected chi connectivity index (χ3v) is 3.02. The van der Waals surface area contributed by atoms with Gasteiger partial charge in [-0.3, -0.25) is 0 Å². The summed E-state index contributed by atoms with van der Waals surface area (Å²) in [4.78, 5) is 9.00. The molecule has 2 aromatic rings. The van der Waals surface area contributed by atoms with E-state index in [0.717, 1.165) is 0 Å². The first-order valence-electron chi connectivity index (χ1n) is 4.29. The Labute approximate surface area is 96.1 Å². The second-order valence-electron chi connectivity index (χ2n) is 2.86. The van der Waals surface area contributed by atoms with Crippen molar-refractivity contribution in [2.75, 3.05) is 11.1 Å². The standard InChI is InChI=1S/C9H9ClN4S/c10-8-7(11)9(14-5-13-8)12-4-6-2-1-3-15-6/h1-3,5H,4,11H2,(H,12,13,14). The molecule has 0 aliphatic heterocycles. The summed E-state index contributed by atoms with van der Waals surface area (Å²) >= 11 is 7.43. The van der Waals surface area contributed by atoms with Crippen LogP contribution >= 0.6 is 22.9 Å². The number of halogens is 1. The number of nitrogens with one attached hydrogen (secondary N) is 1. The molecule has 0 unspecified atom stereocenters. The summed E-state index contributed by atoms with van der Waals surface area (Å²) in [6.07, 6.45) is 1.38. The minimum absolute atomic E-state index is 0.277. The molecule has 0 aliphatic rings. The maximum absolute atomic E-state index is 5.76. The van der Waals surface area contributed by atoms with Crippen molar-refractivity contribution in [2.45, 2.75) is 6.54 Å². The van der Waals surface area contributed by atoms with Crippen LogP contribution in [0.4, 0.5) is 11.5 Å². The quantitative estimate of drug-likeness (QED) is 0.809. The van der Waals surface area contributed by atoms with E-state index in [4.69, 9.17) is 17.3 Å². The zero-order chi connectivity index (χ0) is 10.7. The van der Waals surface area contributed by atoms with Crippen LogP contribution in [0.2, 0.25) is 5.15 Å². The summed E-state index contributed by atoms with van der Waals surface area (Å²) in [6, 6.07) is 4.04. The molecule has 0 saturated heterocycles. The summed E-state index contributed by atoms with van der Waals surface area (Å²) in [7, 11) is 0. The molecule has 15 heavy (non-hydrogen) atoms. The second kappa shape index (κ2) is 4.46. The van der Waals surface area contributed by atoms with Crippen molar-refractivity contribution in [3.8, 4) is 0 Å². The molecule has 78 valence electrons. The molecule has 2 aromatic heterocycles. The van der Waals surface area contributed by atoms with E-state index in [9.17, 15) is 0 Å². The van der Waals surface area contributed by atoms with Gasteiger partial charge in [0.1, 0.15) is 12.0 Å². The molecule has 0 radical (unpaired) electrons. The molecule has 0 amide bonds. The number of anilines is 2.